The zero-order valence-electron chi connectivity index (χ0n) is 12.1. The lowest BCUT2D eigenvalue weighted by Gasteiger charge is -2.09. The van der Waals surface area contributed by atoms with Crippen LogP contribution < -0.4 is 5.32 Å². The van der Waals surface area contributed by atoms with Gasteiger partial charge in [-0.15, -0.1) is 0 Å². The SMILES string of the molecule is Cc1nccn1-c1ncc(NC(=O)CC2CCCC2)cn1. The summed E-state index contributed by atoms with van der Waals surface area (Å²) >= 11 is 0. The van der Waals surface area contributed by atoms with Crippen molar-refractivity contribution in [1.29, 1.82) is 0 Å². The topological polar surface area (TPSA) is 72.7 Å². The Kier molecular flexibility index (Phi) is 3.94. The number of imidazole rings is 1. The van der Waals surface area contributed by atoms with Crippen molar-refractivity contribution in [2.24, 2.45) is 5.92 Å². The van der Waals surface area contributed by atoms with Gasteiger partial charge in [0.25, 0.3) is 0 Å². The summed E-state index contributed by atoms with van der Waals surface area (Å²) in [7, 11) is 0. The second-order valence-corrected chi connectivity index (χ2v) is 5.52. The Morgan fingerprint density at radius 3 is 2.62 bits per heavy atom. The number of carbonyl (C=O) groups is 1. The van der Waals surface area contributed by atoms with E-state index < -0.39 is 0 Å². The molecule has 110 valence electrons. The smallest absolute Gasteiger partial charge is 0.235 e. The Hall–Kier alpha value is -2.24. The molecule has 2 heterocycles. The number of hydrogen-bond donors (Lipinski definition) is 1. The molecule has 6 nitrogen and oxygen atoms in total. The summed E-state index contributed by atoms with van der Waals surface area (Å²) in [6.45, 7) is 1.89. The number of aryl methyl sites for hydroxylation is 1. The zero-order chi connectivity index (χ0) is 14.7. The Morgan fingerprint density at radius 2 is 2.00 bits per heavy atom. The number of nitrogens with one attached hydrogen (secondary N) is 1. The molecule has 1 aliphatic carbocycles. The quantitative estimate of drug-likeness (QED) is 0.936. The van der Waals surface area contributed by atoms with E-state index in [-0.39, 0.29) is 5.91 Å². The standard InChI is InChI=1S/C15H19N5O/c1-11-16-6-7-20(11)15-17-9-13(10-18-15)19-14(21)8-12-4-2-3-5-12/h6-7,9-10,12H,2-5,8H2,1H3,(H,19,21). The summed E-state index contributed by atoms with van der Waals surface area (Å²) in [5.74, 6) is 1.97. The highest BCUT2D eigenvalue weighted by atomic mass is 16.1. The largest absolute Gasteiger partial charge is 0.323 e. The minimum atomic E-state index is 0.0528. The van der Waals surface area contributed by atoms with E-state index in [0.717, 1.165) is 5.82 Å². The summed E-state index contributed by atoms with van der Waals surface area (Å²) in [5.41, 5.74) is 0.638. The molecule has 0 bridgehead atoms. The molecule has 1 saturated carbocycles. The second kappa shape index (κ2) is 6.03. The van der Waals surface area contributed by atoms with Crippen LogP contribution in [-0.4, -0.2) is 25.4 Å². The molecule has 2 aromatic heterocycles. The lowest BCUT2D eigenvalue weighted by molar-refractivity contribution is -0.117. The van der Waals surface area contributed by atoms with Gasteiger partial charge < -0.3 is 5.32 Å². The van der Waals surface area contributed by atoms with Crippen LogP contribution in [0, 0.1) is 12.8 Å². The number of aromatic nitrogens is 4. The summed E-state index contributed by atoms with van der Waals surface area (Å²) in [4.78, 5) is 24.6. The molecule has 0 unspecified atom stereocenters. The second-order valence-electron chi connectivity index (χ2n) is 5.52. The number of hydrogen-bond acceptors (Lipinski definition) is 4. The molecule has 1 aliphatic rings. The first-order valence-corrected chi connectivity index (χ1v) is 7.34. The van der Waals surface area contributed by atoms with Gasteiger partial charge in [0, 0.05) is 18.8 Å². The molecule has 0 spiro atoms. The van der Waals surface area contributed by atoms with Gasteiger partial charge in [-0.05, 0) is 25.7 Å². The summed E-state index contributed by atoms with van der Waals surface area (Å²) < 4.78 is 1.80. The number of anilines is 1. The van der Waals surface area contributed by atoms with Gasteiger partial charge in [0.15, 0.2) is 0 Å². The molecular formula is C15H19N5O. The third-order valence-corrected chi connectivity index (χ3v) is 3.91. The highest BCUT2D eigenvalue weighted by molar-refractivity contribution is 5.90. The van der Waals surface area contributed by atoms with E-state index in [1.165, 1.54) is 25.7 Å². The maximum absolute atomic E-state index is 12.0. The first kappa shape index (κ1) is 13.7. The monoisotopic (exact) mass is 285 g/mol. The third kappa shape index (κ3) is 3.26. The van der Waals surface area contributed by atoms with Crippen molar-refractivity contribution in [1.82, 2.24) is 19.5 Å². The third-order valence-electron chi connectivity index (χ3n) is 3.91. The average molecular weight is 285 g/mol. The van der Waals surface area contributed by atoms with E-state index in [1.807, 2.05) is 13.1 Å². The molecule has 3 rings (SSSR count). The highest BCUT2D eigenvalue weighted by Gasteiger charge is 2.18. The van der Waals surface area contributed by atoms with E-state index in [9.17, 15) is 4.79 Å². The maximum Gasteiger partial charge on any atom is 0.235 e. The molecule has 1 fully saturated rings. The lowest BCUT2D eigenvalue weighted by Crippen LogP contribution is -2.15. The van der Waals surface area contributed by atoms with Crippen LogP contribution in [0.15, 0.2) is 24.8 Å². The fourth-order valence-corrected chi connectivity index (χ4v) is 2.79. The first-order chi connectivity index (χ1) is 10.2. The van der Waals surface area contributed by atoms with Gasteiger partial charge in [-0.1, -0.05) is 12.8 Å². The number of amides is 1. The van der Waals surface area contributed by atoms with Gasteiger partial charge in [0.2, 0.25) is 11.9 Å². The van der Waals surface area contributed by atoms with Crippen LogP contribution in [0.4, 0.5) is 5.69 Å². The molecule has 0 aromatic carbocycles. The fraction of sp³-hybridized carbons (Fsp3) is 0.467. The van der Waals surface area contributed by atoms with Crippen molar-refractivity contribution < 1.29 is 4.79 Å². The van der Waals surface area contributed by atoms with Crippen molar-refractivity contribution in [3.05, 3.63) is 30.6 Å². The molecule has 0 atom stereocenters. The average Bonchev–Trinajstić information content (AvgIpc) is 3.11. The summed E-state index contributed by atoms with van der Waals surface area (Å²) in [6.07, 6.45) is 12.2. The van der Waals surface area contributed by atoms with E-state index in [1.54, 1.807) is 23.2 Å². The predicted octanol–water partition coefficient (Wildman–Crippen LogP) is 2.49. The molecule has 0 saturated heterocycles. The Morgan fingerprint density at radius 1 is 1.29 bits per heavy atom. The predicted molar refractivity (Wildman–Crippen MR) is 79.1 cm³/mol. The Labute approximate surface area is 123 Å². The van der Waals surface area contributed by atoms with E-state index in [4.69, 9.17) is 0 Å². The van der Waals surface area contributed by atoms with Crippen LogP contribution >= 0.6 is 0 Å². The van der Waals surface area contributed by atoms with Crippen LogP contribution in [0.1, 0.15) is 37.9 Å². The molecule has 6 heteroatoms. The Bertz CT molecular complexity index is 613. The van der Waals surface area contributed by atoms with Crippen molar-refractivity contribution >= 4 is 11.6 Å². The van der Waals surface area contributed by atoms with Crippen LogP contribution in [0.3, 0.4) is 0 Å². The fourth-order valence-electron chi connectivity index (χ4n) is 2.79. The van der Waals surface area contributed by atoms with Crippen LogP contribution in [0.5, 0.6) is 0 Å². The summed E-state index contributed by atoms with van der Waals surface area (Å²) in [6, 6.07) is 0. The van der Waals surface area contributed by atoms with Crippen molar-refractivity contribution in [2.75, 3.05) is 5.32 Å². The normalized spacial score (nSPS) is 15.3. The van der Waals surface area contributed by atoms with Crippen molar-refractivity contribution in [2.45, 2.75) is 39.0 Å². The van der Waals surface area contributed by atoms with E-state index in [0.29, 0.717) is 24.0 Å². The highest BCUT2D eigenvalue weighted by Crippen LogP contribution is 2.27. The molecule has 1 N–H and O–H groups in total. The van der Waals surface area contributed by atoms with Crippen LogP contribution in [0.2, 0.25) is 0 Å². The van der Waals surface area contributed by atoms with Crippen molar-refractivity contribution in [3.8, 4) is 5.95 Å². The lowest BCUT2D eigenvalue weighted by atomic mass is 10.0. The minimum Gasteiger partial charge on any atom is -0.323 e. The van der Waals surface area contributed by atoms with Crippen LogP contribution in [-0.2, 0) is 4.79 Å². The molecule has 1 amide bonds. The maximum atomic E-state index is 12.0. The van der Waals surface area contributed by atoms with Crippen LogP contribution in [0.25, 0.3) is 5.95 Å². The Balaban J connectivity index is 1.61. The first-order valence-electron chi connectivity index (χ1n) is 7.34. The van der Waals surface area contributed by atoms with E-state index in [2.05, 4.69) is 20.3 Å². The molecule has 0 aliphatic heterocycles. The van der Waals surface area contributed by atoms with Gasteiger partial charge in [-0.3, -0.25) is 9.36 Å². The minimum absolute atomic E-state index is 0.0528. The summed E-state index contributed by atoms with van der Waals surface area (Å²) in [5, 5.41) is 2.87. The molecule has 2 aromatic rings. The van der Waals surface area contributed by atoms with Gasteiger partial charge >= 0.3 is 0 Å². The van der Waals surface area contributed by atoms with Gasteiger partial charge in [-0.25, -0.2) is 15.0 Å². The number of nitrogens with zero attached hydrogens (tertiary/aromatic N) is 4. The molecular weight excluding hydrogens is 266 g/mol. The van der Waals surface area contributed by atoms with Crippen molar-refractivity contribution in [3.63, 3.8) is 0 Å². The molecule has 21 heavy (non-hydrogen) atoms. The van der Waals surface area contributed by atoms with Gasteiger partial charge in [-0.2, -0.15) is 0 Å². The number of carbonyl (C=O) groups excluding carboxylic acids is 1. The molecule has 0 radical (unpaired) electrons. The van der Waals surface area contributed by atoms with E-state index >= 15 is 0 Å². The van der Waals surface area contributed by atoms with Gasteiger partial charge in [0.05, 0.1) is 18.1 Å². The van der Waals surface area contributed by atoms with Gasteiger partial charge in [0.1, 0.15) is 5.82 Å². The number of rotatable bonds is 4. The zero-order valence-corrected chi connectivity index (χ0v) is 12.1.